The Kier molecular flexibility index (Phi) is 2.01. The fourth-order valence-electron chi connectivity index (χ4n) is 4.19. The molecule has 2 spiro atoms. The third-order valence-electron chi connectivity index (χ3n) is 5.09. The lowest BCUT2D eigenvalue weighted by Crippen LogP contribution is -2.53. The molecule has 2 heteroatoms. The molecule has 2 atom stereocenters. The molecule has 3 rings (SSSR count). The summed E-state index contributed by atoms with van der Waals surface area (Å²) >= 11 is 0. The van der Waals surface area contributed by atoms with Gasteiger partial charge in [0.25, 0.3) is 0 Å². The van der Waals surface area contributed by atoms with Gasteiger partial charge in [-0.25, -0.2) is 0 Å². The van der Waals surface area contributed by atoms with Crippen LogP contribution < -0.4 is 5.32 Å². The Morgan fingerprint density at radius 2 is 1.93 bits per heavy atom. The largest absolute Gasteiger partial charge is 0.299 e. The van der Waals surface area contributed by atoms with Crippen molar-refractivity contribution in [3.05, 3.63) is 0 Å². The second-order valence-electron chi connectivity index (χ2n) is 5.98. The van der Waals surface area contributed by atoms with E-state index in [1.54, 1.807) is 0 Å². The Labute approximate surface area is 91.8 Å². The first kappa shape index (κ1) is 9.83. The number of hydrogen-bond donors (Lipinski definition) is 1. The summed E-state index contributed by atoms with van der Waals surface area (Å²) in [6.45, 7) is 2.26. The molecule has 1 N–H and O–H groups in total. The van der Waals surface area contributed by atoms with E-state index in [2.05, 4.69) is 12.2 Å². The van der Waals surface area contributed by atoms with Crippen molar-refractivity contribution >= 4 is 5.78 Å². The number of Topliss-reactive ketones (excluding diaryl/α,β-unsaturated/α-hetero) is 1. The first-order valence-corrected chi connectivity index (χ1v) is 6.50. The predicted octanol–water partition coefficient (Wildman–Crippen LogP) is 2.42. The molecule has 0 radical (unpaired) electrons. The monoisotopic (exact) mass is 207 g/mol. The van der Waals surface area contributed by atoms with Crippen molar-refractivity contribution in [2.45, 2.75) is 69.4 Å². The molecule has 0 aromatic carbocycles. The van der Waals surface area contributed by atoms with Crippen LogP contribution in [-0.4, -0.2) is 16.9 Å². The highest BCUT2D eigenvalue weighted by Crippen LogP contribution is 2.48. The number of carbonyl (C=O) groups is 1. The minimum absolute atomic E-state index is 0.107. The van der Waals surface area contributed by atoms with Crippen LogP contribution in [0.25, 0.3) is 0 Å². The van der Waals surface area contributed by atoms with Crippen molar-refractivity contribution in [1.29, 1.82) is 0 Å². The molecule has 84 valence electrons. The van der Waals surface area contributed by atoms with Gasteiger partial charge in [0, 0.05) is 12.0 Å². The first-order chi connectivity index (χ1) is 7.17. The maximum atomic E-state index is 12.3. The molecule has 1 saturated heterocycles. The van der Waals surface area contributed by atoms with Gasteiger partial charge < -0.3 is 0 Å². The van der Waals surface area contributed by atoms with Crippen molar-refractivity contribution in [3.63, 3.8) is 0 Å². The fourth-order valence-corrected chi connectivity index (χ4v) is 4.19. The van der Waals surface area contributed by atoms with E-state index in [0.29, 0.717) is 11.7 Å². The summed E-state index contributed by atoms with van der Waals surface area (Å²) in [5.41, 5.74) is 0.111. The third kappa shape index (κ3) is 1.24. The molecular formula is C13H21NO. The highest BCUT2D eigenvalue weighted by molar-refractivity contribution is 5.92. The van der Waals surface area contributed by atoms with Crippen LogP contribution in [0.4, 0.5) is 0 Å². The van der Waals surface area contributed by atoms with Gasteiger partial charge in [-0.3, -0.25) is 10.1 Å². The smallest absolute Gasteiger partial charge is 0.154 e. The molecule has 15 heavy (non-hydrogen) atoms. The summed E-state index contributed by atoms with van der Waals surface area (Å²) in [7, 11) is 0. The Balaban J connectivity index is 1.90. The highest BCUT2D eigenvalue weighted by Gasteiger charge is 2.57. The van der Waals surface area contributed by atoms with Gasteiger partial charge in [-0.05, 0) is 31.6 Å². The summed E-state index contributed by atoms with van der Waals surface area (Å²) in [5, 5.41) is 3.79. The quantitative estimate of drug-likeness (QED) is 0.661. The van der Waals surface area contributed by atoms with Crippen LogP contribution >= 0.6 is 0 Å². The standard InChI is InChI=1S/C13H21NO/c1-10-5-4-8-13(10)11(15)9-12(14-13)6-2-3-7-12/h10,14H,2-9H2,1H3. The van der Waals surface area contributed by atoms with Crippen LogP contribution in [0.3, 0.4) is 0 Å². The fraction of sp³-hybridized carbons (Fsp3) is 0.923. The van der Waals surface area contributed by atoms with Crippen molar-refractivity contribution in [1.82, 2.24) is 5.32 Å². The second-order valence-corrected chi connectivity index (χ2v) is 5.98. The lowest BCUT2D eigenvalue weighted by Gasteiger charge is -2.32. The molecule has 1 aliphatic heterocycles. The van der Waals surface area contributed by atoms with E-state index in [4.69, 9.17) is 0 Å². The van der Waals surface area contributed by atoms with E-state index < -0.39 is 0 Å². The molecule has 0 amide bonds. The summed E-state index contributed by atoms with van der Waals surface area (Å²) in [4.78, 5) is 12.3. The van der Waals surface area contributed by atoms with Gasteiger partial charge >= 0.3 is 0 Å². The van der Waals surface area contributed by atoms with Crippen molar-refractivity contribution in [3.8, 4) is 0 Å². The Bertz CT molecular complexity index is 293. The van der Waals surface area contributed by atoms with Gasteiger partial charge in [0.1, 0.15) is 0 Å². The average molecular weight is 207 g/mol. The van der Waals surface area contributed by atoms with Gasteiger partial charge in [-0.2, -0.15) is 0 Å². The van der Waals surface area contributed by atoms with Crippen LogP contribution in [0.2, 0.25) is 0 Å². The van der Waals surface area contributed by atoms with E-state index in [9.17, 15) is 4.79 Å². The summed E-state index contributed by atoms with van der Waals surface area (Å²) in [6, 6.07) is 0. The predicted molar refractivity (Wildman–Crippen MR) is 59.7 cm³/mol. The minimum Gasteiger partial charge on any atom is -0.299 e. The third-order valence-corrected chi connectivity index (χ3v) is 5.09. The molecule has 0 aromatic rings. The minimum atomic E-state index is -0.107. The maximum absolute atomic E-state index is 12.3. The van der Waals surface area contributed by atoms with Crippen LogP contribution in [-0.2, 0) is 4.79 Å². The average Bonchev–Trinajstić information content (AvgIpc) is 2.83. The molecular weight excluding hydrogens is 186 g/mol. The molecule has 2 saturated carbocycles. The zero-order valence-electron chi connectivity index (χ0n) is 9.64. The SMILES string of the molecule is CC1CCCC12NC1(CCCC1)CC2=O. The van der Waals surface area contributed by atoms with E-state index in [0.717, 1.165) is 12.8 Å². The van der Waals surface area contributed by atoms with Gasteiger partial charge in [0.2, 0.25) is 0 Å². The summed E-state index contributed by atoms with van der Waals surface area (Å²) < 4.78 is 0. The normalized spacial score (nSPS) is 43.5. The molecule has 2 aliphatic carbocycles. The van der Waals surface area contributed by atoms with Crippen LogP contribution in [0.1, 0.15) is 58.3 Å². The molecule has 3 aliphatic rings. The molecule has 1 heterocycles. The molecule has 3 fully saturated rings. The number of nitrogens with one attached hydrogen (secondary N) is 1. The van der Waals surface area contributed by atoms with Crippen molar-refractivity contribution in [2.24, 2.45) is 5.92 Å². The Morgan fingerprint density at radius 3 is 2.53 bits per heavy atom. The van der Waals surface area contributed by atoms with Crippen molar-refractivity contribution < 1.29 is 4.79 Å². The van der Waals surface area contributed by atoms with Gasteiger partial charge in [-0.1, -0.05) is 26.2 Å². The Hall–Kier alpha value is -0.370. The number of carbonyl (C=O) groups excluding carboxylic acids is 1. The molecule has 2 nitrogen and oxygen atoms in total. The van der Waals surface area contributed by atoms with Crippen LogP contribution in [0.15, 0.2) is 0 Å². The van der Waals surface area contributed by atoms with E-state index in [-0.39, 0.29) is 11.1 Å². The Morgan fingerprint density at radius 1 is 1.20 bits per heavy atom. The van der Waals surface area contributed by atoms with Gasteiger partial charge in [0.15, 0.2) is 5.78 Å². The molecule has 0 aromatic heterocycles. The van der Waals surface area contributed by atoms with Crippen molar-refractivity contribution in [2.75, 3.05) is 0 Å². The number of hydrogen-bond acceptors (Lipinski definition) is 2. The van der Waals surface area contributed by atoms with Gasteiger partial charge in [0.05, 0.1) is 5.54 Å². The van der Waals surface area contributed by atoms with Crippen LogP contribution in [0.5, 0.6) is 0 Å². The highest BCUT2D eigenvalue weighted by atomic mass is 16.1. The molecule has 2 unspecified atom stereocenters. The number of rotatable bonds is 0. The maximum Gasteiger partial charge on any atom is 0.154 e. The summed E-state index contributed by atoms with van der Waals surface area (Å²) in [6.07, 6.45) is 9.45. The zero-order valence-corrected chi connectivity index (χ0v) is 9.64. The van der Waals surface area contributed by atoms with Gasteiger partial charge in [-0.15, -0.1) is 0 Å². The topological polar surface area (TPSA) is 29.1 Å². The van der Waals surface area contributed by atoms with Crippen LogP contribution in [0, 0.1) is 5.92 Å². The second kappa shape index (κ2) is 3.07. The first-order valence-electron chi connectivity index (χ1n) is 6.50. The lowest BCUT2D eigenvalue weighted by atomic mass is 9.86. The lowest BCUT2D eigenvalue weighted by molar-refractivity contribution is -0.123. The van der Waals surface area contributed by atoms with E-state index >= 15 is 0 Å². The summed E-state index contributed by atoms with van der Waals surface area (Å²) in [5.74, 6) is 1.08. The molecule has 0 bridgehead atoms. The van der Waals surface area contributed by atoms with E-state index in [1.165, 1.54) is 38.5 Å². The zero-order chi connectivity index (χ0) is 10.5. The van der Waals surface area contributed by atoms with E-state index in [1.807, 2.05) is 0 Å². The number of ketones is 1.